The van der Waals surface area contributed by atoms with Crippen LogP contribution in [0.15, 0.2) is 40.1 Å². The molecule has 21 heavy (non-hydrogen) atoms. The van der Waals surface area contributed by atoms with Crippen molar-refractivity contribution < 1.29 is 17.6 Å². The van der Waals surface area contributed by atoms with E-state index < -0.39 is 23.3 Å². The Labute approximate surface area is 124 Å². The molecule has 0 saturated carbocycles. The van der Waals surface area contributed by atoms with Gasteiger partial charge in [-0.15, -0.1) is 0 Å². The summed E-state index contributed by atoms with van der Waals surface area (Å²) in [5.74, 6) is -3.50. The zero-order chi connectivity index (χ0) is 15.4. The van der Waals surface area contributed by atoms with Crippen LogP contribution in [0, 0.1) is 23.3 Å². The van der Waals surface area contributed by atoms with E-state index in [0.29, 0.717) is 18.7 Å². The summed E-state index contributed by atoms with van der Waals surface area (Å²) in [5.41, 5.74) is 0.487. The van der Waals surface area contributed by atoms with Crippen LogP contribution >= 0.6 is 11.8 Å². The van der Waals surface area contributed by atoms with Crippen LogP contribution in [0.25, 0.3) is 0 Å². The van der Waals surface area contributed by atoms with Crippen molar-refractivity contribution in [1.82, 2.24) is 5.32 Å². The SMILES string of the molecule is CCNCc1cc(F)c(Sc2ccc(F)c(F)c2)c(F)c1. The van der Waals surface area contributed by atoms with Crippen LogP contribution in [-0.4, -0.2) is 6.54 Å². The van der Waals surface area contributed by atoms with Crippen LogP contribution in [0.3, 0.4) is 0 Å². The molecule has 0 heterocycles. The van der Waals surface area contributed by atoms with Gasteiger partial charge >= 0.3 is 0 Å². The Kier molecular flexibility index (Phi) is 5.25. The Morgan fingerprint density at radius 2 is 1.57 bits per heavy atom. The maximum Gasteiger partial charge on any atom is 0.159 e. The fourth-order valence-electron chi connectivity index (χ4n) is 1.74. The van der Waals surface area contributed by atoms with Crippen molar-refractivity contribution in [3.8, 4) is 0 Å². The fraction of sp³-hybridized carbons (Fsp3) is 0.200. The highest BCUT2D eigenvalue weighted by atomic mass is 32.2. The number of halogens is 4. The van der Waals surface area contributed by atoms with Gasteiger partial charge < -0.3 is 5.32 Å². The second kappa shape index (κ2) is 6.95. The number of hydrogen-bond donors (Lipinski definition) is 1. The minimum absolute atomic E-state index is 0.228. The lowest BCUT2D eigenvalue weighted by Gasteiger charge is -2.08. The summed E-state index contributed by atoms with van der Waals surface area (Å²) in [4.78, 5) is -0.00705. The number of hydrogen-bond acceptors (Lipinski definition) is 2. The van der Waals surface area contributed by atoms with Crippen LogP contribution in [0.5, 0.6) is 0 Å². The molecule has 2 aromatic carbocycles. The van der Waals surface area contributed by atoms with Crippen LogP contribution in [0.1, 0.15) is 12.5 Å². The smallest absolute Gasteiger partial charge is 0.159 e. The van der Waals surface area contributed by atoms with E-state index in [9.17, 15) is 17.6 Å². The van der Waals surface area contributed by atoms with E-state index in [1.165, 1.54) is 18.2 Å². The molecule has 0 unspecified atom stereocenters. The molecule has 0 bridgehead atoms. The first-order valence-corrected chi connectivity index (χ1v) is 7.14. The lowest BCUT2D eigenvalue weighted by Crippen LogP contribution is -2.12. The predicted octanol–water partition coefficient (Wildman–Crippen LogP) is 4.50. The Morgan fingerprint density at radius 3 is 2.14 bits per heavy atom. The molecule has 0 spiro atoms. The molecule has 0 amide bonds. The molecule has 0 aliphatic carbocycles. The zero-order valence-corrected chi connectivity index (χ0v) is 12.0. The van der Waals surface area contributed by atoms with Crippen molar-refractivity contribution in [1.29, 1.82) is 0 Å². The van der Waals surface area contributed by atoms with Gasteiger partial charge in [-0.2, -0.15) is 0 Å². The Morgan fingerprint density at radius 1 is 0.905 bits per heavy atom. The fourth-order valence-corrected chi connectivity index (χ4v) is 2.59. The van der Waals surface area contributed by atoms with E-state index in [1.807, 2.05) is 6.92 Å². The Balaban J connectivity index is 2.25. The van der Waals surface area contributed by atoms with Crippen molar-refractivity contribution in [2.75, 3.05) is 6.54 Å². The van der Waals surface area contributed by atoms with Gasteiger partial charge in [0.25, 0.3) is 0 Å². The Bertz CT molecular complexity index is 623. The second-order valence-corrected chi connectivity index (χ2v) is 5.43. The molecular formula is C15H13F4NS. The standard InChI is InChI=1S/C15H13F4NS/c1-2-20-8-9-5-13(18)15(14(19)6-9)21-10-3-4-11(16)12(17)7-10/h3-7,20H,2,8H2,1H3. The molecule has 0 atom stereocenters. The third kappa shape index (κ3) is 3.98. The topological polar surface area (TPSA) is 12.0 Å². The van der Waals surface area contributed by atoms with Gasteiger partial charge in [-0.3, -0.25) is 0 Å². The first-order valence-electron chi connectivity index (χ1n) is 6.32. The molecule has 0 radical (unpaired) electrons. The van der Waals surface area contributed by atoms with Gasteiger partial charge in [0.2, 0.25) is 0 Å². The average molecular weight is 315 g/mol. The van der Waals surface area contributed by atoms with Gasteiger partial charge in [-0.1, -0.05) is 18.7 Å². The van der Waals surface area contributed by atoms with Crippen molar-refractivity contribution in [3.05, 3.63) is 59.2 Å². The molecule has 0 fully saturated rings. The lowest BCUT2D eigenvalue weighted by atomic mass is 10.2. The largest absolute Gasteiger partial charge is 0.313 e. The molecule has 112 valence electrons. The first-order chi connectivity index (χ1) is 10.0. The molecule has 0 aliphatic heterocycles. The highest BCUT2D eigenvalue weighted by Crippen LogP contribution is 2.33. The number of rotatable bonds is 5. The van der Waals surface area contributed by atoms with Crippen molar-refractivity contribution in [2.24, 2.45) is 0 Å². The van der Waals surface area contributed by atoms with Gasteiger partial charge in [0.1, 0.15) is 11.6 Å². The van der Waals surface area contributed by atoms with Crippen LogP contribution in [-0.2, 0) is 6.54 Å². The highest BCUT2D eigenvalue weighted by molar-refractivity contribution is 7.99. The molecule has 1 nitrogen and oxygen atoms in total. The summed E-state index contributed by atoms with van der Waals surface area (Å²) in [6.07, 6.45) is 0. The van der Waals surface area contributed by atoms with Gasteiger partial charge in [-0.25, -0.2) is 17.6 Å². The molecule has 6 heteroatoms. The summed E-state index contributed by atoms with van der Waals surface area (Å²) >= 11 is 0.719. The zero-order valence-electron chi connectivity index (χ0n) is 11.2. The highest BCUT2D eigenvalue weighted by Gasteiger charge is 2.14. The van der Waals surface area contributed by atoms with E-state index in [-0.39, 0.29) is 9.79 Å². The average Bonchev–Trinajstić information content (AvgIpc) is 2.44. The van der Waals surface area contributed by atoms with E-state index in [0.717, 1.165) is 23.9 Å². The van der Waals surface area contributed by atoms with Crippen molar-refractivity contribution in [3.63, 3.8) is 0 Å². The van der Waals surface area contributed by atoms with E-state index in [2.05, 4.69) is 5.32 Å². The molecule has 1 N–H and O–H groups in total. The van der Waals surface area contributed by atoms with Crippen LogP contribution in [0.4, 0.5) is 17.6 Å². The minimum Gasteiger partial charge on any atom is -0.313 e. The molecule has 0 aromatic heterocycles. The quantitative estimate of drug-likeness (QED) is 0.815. The maximum absolute atomic E-state index is 13.9. The summed E-state index contributed by atoms with van der Waals surface area (Å²) in [6, 6.07) is 5.56. The maximum atomic E-state index is 13.9. The minimum atomic E-state index is -1.05. The Hall–Kier alpha value is -1.53. The summed E-state index contributed by atoms with van der Waals surface area (Å²) < 4.78 is 53.8. The molecule has 2 aromatic rings. The molecule has 2 rings (SSSR count). The summed E-state index contributed by atoms with van der Waals surface area (Å²) in [6.45, 7) is 2.94. The van der Waals surface area contributed by atoms with Gasteiger partial charge in [0.15, 0.2) is 11.6 Å². The van der Waals surface area contributed by atoms with Gasteiger partial charge in [0, 0.05) is 11.4 Å². The lowest BCUT2D eigenvalue weighted by molar-refractivity contribution is 0.505. The normalized spacial score (nSPS) is 10.9. The van der Waals surface area contributed by atoms with Crippen LogP contribution < -0.4 is 5.32 Å². The third-order valence-corrected chi connectivity index (χ3v) is 3.83. The monoisotopic (exact) mass is 315 g/mol. The van der Waals surface area contributed by atoms with E-state index in [1.54, 1.807) is 0 Å². The summed E-state index contributed by atoms with van der Waals surface area (Å²) in [7, 11) is 0. The third-order valence-electron chi connectivity index (χ3n) is 2.75. The second-order valence-electron chi connectivity index (χ2n) is 4.35. The summed E-state index contributed by atoms with van der Waals surface area (Å²) in [5, 5.41) is 2.97. The predicted molar refractivity (Wildman–Crippen MR) is 74.2 cm³/mol. The molecule has 0 saturated heterocycles. The van der Waals surface area contributed by atoms with E-state index in [4.69, 9.17) is 0 Å². The van der Waals surface area contributed by atoms with E-state index >= 15 is 0 Å². The van der Waals surface area contributed by atoms with Crippen molar-refractivity contribution in [2.45, 2.75) is 23.3 Å². The van der Waals surface area contributed by atoms with Crippen LogP contribution in [0.2, 0.25) is 0 Å². The molecule has 0 aliphatic rings. The number of benzene rings is 2. The molecular weight excluding hydrogens is 302 g/mol. The van der Waals surface area contributed by atoms with Gasteiger partial charge in [0.05, 0.1) is 4.90 Å². The van der Waals surface area contributed by atoms with Crippen molar-refractivity contribution >= 4 is 11.8 Å². The first kappa shape index (κ1) is 15.9. The number of nitrogens with one attached hydrogen (secondary N) is 1. The van der Waals surface area contributed by atoms with Gasteiger partial charge in [-0.05, 0) is 42.4 Å².